The highest BCUT2D eigenvalue weighted by molar-refractivity contribution is 8.13. The Kier molecular flexibility index (Phi) is 4.07. The molecule has 20 heavy (non-hydrogen) atoms. The molecule has 1 aromatic carbocycles. The van der Waals surface area contributed by atoms with Crippen LogP contribution < -0.4 is 5.32 Å². The van der Waals surface area contributed by atoms with E-state index in [9.17, 15) is 17.6 Å². The molecule has 1 fully saturated rings. The molecule has 0 heterocycles. The maximum atomic E-state index is 13.7. The number of carbonyl (C=O) groups is 1. The third kappa shape index (κ3) is 3.12. The molecule has 0 atom stereocenters. The predicted octanol–water partition coefficient (Wildman–Crippen LogP) is 2.59. The van der Waals surface area contributed by atoms with Crippen LogP contribution in [0.15, 0.2) is 17.0 Å². The summed E-state index contributed by atoms with van der Waals surface area (Å²) in [6.45, 7) is 3.38. The number of rotatable bonds is 3. The van der Waals surface area contributed by atoms with E-state index in [-0.39, 0.29) is 22.1 Å². The van der Waals surface area contributed by atoms with Gasteiger partial charge in [0.1, 0.15) is 5.82 Å². The molecule has 0 radical (unpaired) electrons. The molecular weight excluding hydrogens is 305 g/mol. The number of halogens is 2. The van der Waals surface area contributed by atoms with E-state index in [0.29, 0.717) is 5.92 Å². The van der Waals surface area contributed by atoms with Gasteiger partial charge in [-0.1, -0.05) is 6.92 Å². The van der Waals surface area contributed by atoms with Crippen LogP contribution in [-0.4, -0.2) is 20.4 Å². The molecule has 1 aliphatic carbocycles. The van der Waals surface area contributed by atoms with E-state index in [2.05, 4.69) is 12.2 Å². The molecule has 0 spiro atoms. The summed E-state index contributed by atoms with van der Waals surface area (Å²) in [6.07, 6.45) is 1.75. The van der Waals surface area contributed by atoms with Crippen molar-refractivity contribution in [2.75, 3.05) is 0 Å². The van der Waals surface area contributed by atoms with Gasteiger partial charge in [-0.15, -0.1) is 0 Å². The molecule has 1 amide bonds. The van der Waals surface area contributed by atoms with E-state index in [1.807, 2.05) is 0 Å². The summed E-state index contributed by atoms with van der Waals surface area (Å²) in [5.74, 6) is -0.685. The maximum Gasteiger partial charge on any atom is 0.261 e. The van der Waals surface area contributed by atoms with E-state index < -0.39 is 20.8 Å². The van der Waals surface area contributed by atoms with Crippen LogP contribution in [0.2, 0.25) is 0 Å². The number of hydrogen-bond acceptors (Lipinski definition) is 3. The lowest BCUT2D eigenvalue weighted by molar-refractivity contribution is 0.0895. The van der Waals surface area contributed by atoms with Gasteiger partial charge in [0.25, 0.3) is 15.0 Å². The molecule has 7 heteroatoms. The predicted molar refractivity (Wildman–Crippen MR) is 73.8 cm³/mol. The summed E-state index contributed by atoms with van der Waals surface area (Å²) < 4.78 is 36.5. The molecule has 1 aromatic rings. The average molecular weight is 320 g/mol. The normalized spacial score (nSPS) is 22.2. The fourth-order valence-corrected chi connectivity index (χ4v) is 3.54. The SMILES string of the molecule is Cc1c(F)cc(C(=O)NC2CC(C)C2)cc1S(=O)(=O)Cl. The Morgan fingerprint density at radius 3 is 2.50 bits per heavy atom. The maximum absolute atomic E-state index is 13.7. The lowest BCUT2D eigenvalue weighted by Gasteiger charge is -2.33. The monoisotopic (exact) mass is 319 g/mol. The van der Waals surface area contributed by atoms with E-state index in [4.69, 9.17) is 10.7 Å². The summed E-state index contributed by atoms with van der Waals surface area (Å²) >= 11 is 0. The molecule has 2 rings (SSSR count). The largest absolute Gasteiger partial charge is 0.349 e. The van der Waals surface area contributed by atoms with E-state index in [0.717, 1.165) is 25.0 Å². The summed E-state index contributed by atoms with van der Waals surface area (Å²) in [6, 6.07) is 2.20. The van der Waals surface area contributed by atoms with Crippen molar-refractivity contribution in [1.29, 1.82) is 0 Å². The van der Waals surface area contributed by atoms with Crippen molar-refractivity contribution >= 4 is 25.6 Å². The second kappa shape index (κ2) is 5.33. The summed E-state index contributed by atoms with van der Waals surface area (Å²) in [7, 11) is 1.16. The minimum Gasteiger partial charge on any atom is -0.349 e. The molecule has 110 valence electrons. The summed E-state index contributed by atoms with van der Waals surface area (Å²) in [5.41, 5.74) is -0.124. The highest BCUT2D eigenvalue weighted by atomic mass is 35.7. The van der Waals surface area contributed by atoms with Crippen LogP contribution in [0.3, 0.4) is 0 Å². The quantitative estimate of drug-likeness (QED) is 0.871. The van der Waals surface area contributed by atoms with Gasteiger partial charge in [0, 0.05) is 27.9 Å². The molecule has 0 unspecified atom stereocenters. The lowest BCUT2D eigenvalue weighted by Crippen LogP contribution is -2.43. The first-order valence-electron chi connectivity index (χ1n) is 6.24. The van der Waals surface area contributed by atoms with Crippen molar-refractivity contribution in [1.82, 2.24) is 5.32 Å². The van der Waals surface area contributed by atoms with Gasteiger partial charge in [0.2, 0.25) is 0 Å². The van der Waals surface area contributed by atoms with Crippen molar-refractivity contribution in [2.24, 2.45) is 5.92 Å². The minimum atomic E-state index is -4.09. The average Bonchev–Trinajstić information content (AvgIpc) is 2.28. The first kappa shape index (κ1) is 15.3. The molecule has 4 nitrogen and oxygen atoms in total. The standard InChI is InChI=1S/C13H15ClFNO3S/c1-7-3-10(4-7)16-13(17)9-5-11(15)8(2)12(6-9)20(14,18)19/h5-7,10H,3-4H2,1-2H3,(H,16,17). The van der Waals surface area contributed by atoms with Crippen LogP contribution in [-0.2, 0) is 9.05 Å². The Morgan fingerprint density at radius 2 is 2.00 bits per heavy atom. The second-order valence-corrected chi connectivity index (χ2v) is 7.80. The highest BCUT2D eigenvalue weighted by Crippen LogP contribution is 2.27. The molecule has 0 aliphatic heterocycles. The minimum absolute atomic E-state index is 0.0353. The first-order chi connectivity index (χ1) is 9.18. The number of carbonyl (C=O) groups excluding carboxylic acids is 1. The fraction of sp³-hybridized carbons (Fsp3) is 0.462. The van der Waals surface area contributed by atoms with Crippen LogP contribution in [0.25, 0.3) is 0 Å². The zero-order valence-corrected chi connectivity index (χ0v) is 12.7. The fourth-order valence-electron chi connectivity index (χ4n) is 2.33. The van der Waals surface area contributed by atoms with E-state index in [1.54, 1.807) is 0 Å². The zero-order chi connectivity index (χ0) is 15.1. The van der Waals surface area contributed by atoms with Crippen molar-refractivity contribution in [3.63, 3.8) is 0 Å². The highest BCUT2D eigenvalue weighted by Gasteiger charge is 2.28. The molecule has 0 bridgehead atoms. The van der Waals surface area contributed by atoms with E-state index >= 15 is 0 Å². The Balaban J connectivity index is 2.28. The molecule has 0 aromatic heterocycles. The lowest BCUT2D eigenvalue weighted by atomic mass is 9.82. The first-order valence-corrected chi connectivity index (χ1v) is 8.55. The summed E-state index contributed by atoms with van der Waals surface area (Å²) in [5, 5.41) is 2.74. The molecule has 1 N–H and O–H groups in total. The van der Waals surface area contributed by atoms with Crippen molar-refractivity contribution in [3.05, 3.63) is 29.1 Å². The van der Waals surface area contributed by atoms with Crippen molar-refractivity contribution in [2.45, 2.75) is 37.6 Å². The Hall–Kier alpha value is -1.14. The van der Waals surface area contributed by atoms with Crippen LogP contribution in [0, 0.1) is 18.7 Å². The number of amides is 1. The van der Waals surface area contributed by atoms with E-state index in [1.165, 1.54) is 6.92 Å². The van der Waals surface area contributed by atoms with Gasteiger partial charge >= 0.3 is 0 Å². The van der Waals surface area contributed by atoms with Gasteiger partial charge in [-0.25, -0.2) is 12.8 Å². The van der Waals surface area contributed by atoms with Gasteiger partial charge in [-0.3, -0.25) is 4.79 Å². The van der Waals surface area contributed by atoms with Gasteiger partial charge in [-0.2, -0.15) is 0 Å². The van der Waals surface area contributed by atoms with Crippen LogP contribution in [0.4, 0.5) is 4.39 Å². The third-order valence-electron chi connectivity index (χ3n) is 3.53. The molecular formula is C13H15ClFNO3S. The van der Waals surface area contributed by atoms with Crippen LogP contribution >= 0.6 is 10.7 Å². The number of nitrogens with one attached hydrogen (secondary N) is 1. The van der Waals surface area contributed by atoms with Crippen LogP contribution in [0.1, 0.15) is 35.7 Å². The molecule has 1 saturated carbocycles. The molecule has 1 aliphatic rings. The second-order valence-electron chi connectivity index (χ2n) is 5.27. The Bertz CT molecular complexity index is 654. The smallest absolute Gasteiger partial charge is 0.261 e. The Morgan fingerprint density at radius 1 is 1.40 bits per heavy atom. The topological polar surface area (TPSA) is 63.2 Å². The van der Waals surface area contributed by atoms with Crippen LogP contribution in [0.5, 0.6) is 0 Å². The zero-order valence-electron chi connectivity index (χ0n) is 11.1. The van der Waals surface area contributed by atoms with Gasteiger partial charge in [0.05, 0.1) is 4.90 Å². The number of hydrogen-bond donors (Lipinski definition) is 1. The van der Waals surface area contributed by atoms with Gasteiger partial charge in [0.15, 0.2) is 0 Å². The third-order valence-corrected chi connectivity index (χ3v) is 4.98. The number of benzene rings is 1. The van der Waals surface area contributed by atoms with Crippen molar-refractivity contribution in [3.8, 4) is 0 Å². The summed E-state index contributed by atoms with van der Waals surface area (Å²) in [4.78, 5) is 11.6. The van der Waals surface area contributed by atoms with Gasteiger partial charge < -0.3 is 5.32 Å². The Labute approximate surface area is 121 Å². The van der Waals surface area contributed by atoms with Crippen molar-refractivity contribution < 1.29 is 17.6 Å². The molecule has 0 saturated heterocycles. The van der Waals surface area contributed by atoms with Gasteiger partial charge in [-0.05, 0) is 37.8 Å².